The zero-order valence-electron chi connectivity index (χ0n) is 19.1. The number of methoxy groups -OCH3 is 1. The molecule has 0 N–H and O–H groups in total. The van der Waals surface area contributed by atoms with Gasteiger partial charge in [0.05, 0.1) is 12.8 Å². The maximum Gasteiger partial charge on any atom is 0.410 e. The van der Waals surface area contributed by atoms with Crippen LogP contribution in [0.3, 0.4) is 0 Å². The van der Waals surface area contributed by atoms with Gasteiger partial charge in [0, 0.05) is 24.6 Å². The molecule has 1 unspecified atom stereocenters. The van der Waals surface area contributed by atoms with Crippen LogP contribution in [0.5, 0.6) is 5.88 Å². The van der Waals surface area contributed by atoms with E-state index >= 15 is 0 Å². The minimum absolute atomic E-state index is 0.277. The number of nitrogens with zero attached hydrogens (tertiary/aromatic N) is 3. The molecule has 1 aromatic heterocycles. The van der Waals surface area contributed by atoms with E-state index in [0.717, 1.165) is 36.2 Å². The first kappa shape index (κ1) is 22.9. The number of hydrogen-bond acceptors (Lipinski definition) is 6. The molecule has 2 heterocycles. The maximum absolute atomic E-state index is 12.9. The smallest absolute Gasteiger partial charge is 0.410 e. The number of rotatable bonds is 2. The number of carbonyl (C=O) groups excluding carboxylic acids is 1. The Balaban J connectivity index is 1.90. The number of likely N-dealkylation sites (tertiary alicyclic amines) is 1. The van der Waals surface area contributed by atoms with Crippen molar-refractivity contribution in [1.82, 2.24) is 9.88 Å². The minimum atomic E-state index is -1.40. The first-order chi connectivity index (χ1) is 13.8. The van der Waals surface area contributed by atoms with Gasteiger partial charge in [-0.1, -0.05) is 10.5 Å². The van der Waals surface area contributed by atoms with E-state index < -0.39 is 21.7 Å². The maximum atomic E-state index is 12.9. The summed E-state index contributed by atoms with van der Waals surface area (Å²) in [4.78, 5) is 18.9. The monoisotopic (exact) mass is 435 g/mol. The molecule has 1 saturated heterocycles. The summed E-state index contributed by atoms with van der Waals surface area (Å²) in [5.41, 5.74) is 1.85. The van der Waals surface area contributed by atoms with Crippen LogP contribution in [0.15, 0.2) is 16.5 Å². The molecule has 1 atom stereocenters. The molecule has 1 fully saturated rings. The van der Waals surface area contributed by atoms with Gasteiger partial charge in [-0.2, -0.15) is 0 Å². The van der Waals surface area contributed by atoms with E-state index in [1.807, 2.05) is 53.7 Å². The van der Waals surface area contributed by atoms with Gasteiger partial charge in [0.15, 0.2) is 0 Å². The molecule has 8 heteroatoms. The van der Waals surface area contributed by atoms with Crippen molar-refractivity contribution in [2.45, 2.75) is 71.2 Å². The van der Waals surface area contributed by atoms with Crippen LogP contribution in [0.4, 0.5) is 4.79 Å². The molecule has 1 spiro atoms. The second-order valence-electron chi connectivity index (χ2n) is 10.1. The molecule has 0 aromatic carbocycles. The number of aromatic nitrogens is 1. The van der Waals surface area contributed by atoms with Gasteiger partial charge in [-0.3, -0.25) is 0 Å². The molecule has 30 heavy (non-hydrogen) atoms. The molecule has 1 amide bonds. The zero-order chi connectivity index (χ0) is 22.3. The van der Waals surface area contributed by atoms with Crippen molar-refractivity contribution in [2.75, 3.05) is 20.2 Å². The number of ether oxygens (including phenoxy) is 2. The van der Waals surface area contributed by atoms with E-state index in [-0.39, 0.29) is 11.5 Å². The lowest BCUT2D eigenvalue weighted by molar-refractivity contribution is 0.0159. The predicted molar refractivity (Wildman–Crippen MR) is 118 cm³/mol. The minimum Gasteiger partial charge on any atom is -0.591 e. The summed E-state index contributed by atoms with van der Waals surface area (Å²) in [6, 6.07) is 3.87. The summed E-state index contributed by atoms with van der Waals surface area (Å²) in [5.74, 6) is 0.520. The Morgan fingerprint density at radius 3 is 2.37 bits per heavy atom. The third-order valence-corrected chi connectivity index (χ3v) is 6.88. The van der Waals surface area contributed by atoms with Gasteiger partial charge >= 0.3 is 6.09 Å². The van der Waals surface area contributed by atoms with Gasteiger partial charge in [0.25, 0.3) is 0 Å². The molecule has 7 nitrogen and oxygen atoms in total. The second kappa shape index (κ2) is 8.04. The van der Waals surface area contributed by atoms with Gasteiger partial charge in [-0.15, -0.1) is 0 Å². The van der Waals surface area contributed by atoms with Crippen LogP contribution in [-0.2, 0) is 22.5 Å². The van der Waals surface area contributed by atoms with Crippen LogP contribution in [0.2, 0.25) is 0 Å². The van der Waals surface area contributed by atoms with Crippen molar-refractivity contribution in [1.29, 1.82) is 0 Å². The zero-order valence-corrected chi connectivity index (χ0v) is 19.9. The van der Waals surface area contributed by atoms with Gasteiger partial charge in [-0.25, -0.2) is 9.78 Å². The van der Waals surface area contributed by atoms with Crippen LogP contribution in [0, 0.1) is 5.41 Å². The van der Waals surface area contributed by atoms with E-state index in [4.69, 9.17) is 13.9 Å². The highest BCUT2D eigenvalue weighted by Crippen LogP contribution is 2.46. The van der Waals surface area contributed by atoms with E-state index in [1.165, 1.54) is 0 Å². The highest BCUT2D eigenvalue weighted by atomic mass is 32.2. The Morgan fingerprint density at radius 2 is 1.83 bits per heavy atom. The molecule has 0 saturated carbocycles. The first-order valence-electron chi connectivity index (χ1n) is 10.4. The lowest BCUT2D eigenvalue weighted by Crippen LogP contribution is -2.47. The largest absolute Gasteiger partial charge is 0.591 e. The van der Waals surface area contributed by atoms with E-state index in [1.54, 1.807) is 12.0 Å². The predicted octanol–water partition coefficient (Wildman–Crippen LogP) is 3.91. The Hall–Kier alpha value is -1.80. The van der Waals surface area contributed by atoms with Crippen molar-refractivity contribution in [3.8, 4) is 5.88 Å². The van der Waals surface area contributed by atoms with Crippen molar-refractivity contribution in [3.63, 3.8) is 0 Å². The summed E-state index contributed by atoms with van der Waals surface area (Å²) in [6.07, 6.45) is 1.95. The summed E-state index contributed by atoms with van der Waals surface area (Å²) in [6.45, 7) is 12.5. The molecule has 3 rings (SSSR count). The number of fused-ring (bicyclic) bond motifs is 1. The molecule has 0 bridgehead atoms. The lowest BCUT2D eigenvalue weighted by Gasteiger charge is -2.39. The fourth-order valence-corrected chi connectivity index (χ4v) is 4.57. The van der Waals surface area contributed by atoms with Crippen molar-refractivity contribution in [2.24, 2.45) is 9.81 Å². The second-order valence-corrected chi connectivity index (χ2v) is 12.0. The van der Waals surface area contributed by atoms with Gasteiger partial charge < -0.3 is 18.9 Å². The molecule has 1 aromatic rings. The number of carbonyl (C=O) groups is 1. The van der Waals surface area contributed by atoms with Crippen molar-refractivity contribution < 1.29 is 18.8 Å². The van der Waals surface area contributed by atoms with Crippen LogP contribution in [-0.4, -0.2) is 56.8 Å². The number of pyridine rings is 1. The quantitative estimate of drug-likeness (QED) is 0.657. The molecular weight excluding hydrogens is 402 g/mol. The summed E-state index contributed by atoms with van der Waals surface area (Å²) in [5, 5.41) is 0. The molecular formula is C22H33N3O4S. The van der Waals surface area contributed by atoms with E-state index in [0.29, 0.717) is 19.0 Å². The van der Waals surface area contributed by atoms with Gasteiger partial charge in [0.2, 0.25) is 5.88 Å². The average Bonchev–Trinajstić information content (AvgIpc) is 2.92. The standard InChI is InChI=1S/C22H33N3O4S/c1-20(2,3)29-19(26)25-12-10-22(11-13-25)14-15-8-9-16(28-7)23-17(15)18(22)24-30(27)21(4,5)6/h8-9H,10-14H2,1-7H3. The summed E-state index contributed by atoms with van der Waals surface area (Å²) < 4.78 is 28.0. The summed E-state index contributed by atoms with van der Waals surface area (Å²) in [7, 11) is 1.59. The van der Waals surface area contributed by atoms with E-state index in [9.17, 15) is 9.35 Å². The van der Waals surface area contributed by atoms with Crippen molar-refractivity contribution >= 4 is 23.2 Å². The van der Waals surface area contributed by atoms with E-state index in [2.05, 4.69) is 4.98 Å². The third-order valence-electron chi connectivity index (χ3n) is 5.49. The number of amides is 1. The fourth-order valence-electron chi connectivity index (χ4n) is 3.85. The normalized spacial score (nSPS) is 20.9. The van der Waals surface area contributed by atoms with Crippen LogP contribution in [0.1, 0.15) is 65.6 Å². The Bertz CT molecular complexity index is 834. The Kier molecular flexibility index (Phi) is 6.13. The van der Waals surface area contributed by atoms with Gasteiger partial charge in [0.1, 0.15) is 27.4 Å². The SMILES string of the molecule is COc1ccc2c(n1)C(=N[S+]([O-])C(C)(C)C)C1(CCN(C(=O)OC(C)(C)C)CC1)C2. The van der Waals surface area contributed by atoms with Crippen molar-refractivity contribution in [3.05, 3.63) is 23.4 Å². The number of piperidine rings is 1. The molecule has 166 valence electrons. The molecule has 1 aliphatic carbocycles. The van der Waals surface area contributed by atoms with Crippen LogP contribution in [0.25, 0.3) is 0 Å². The topological polar surface area (TPSA) is 87.1 Å². The van der Waals surface area contributed by atoms with Crippen LogP contribution >= 0.6 is 0 Å². The third kappa shape index (κ3) is 4.75. The molecule has 1 aliphatic heterocycles. The molecule has 0 radical (unpaired) electrons. The highest BCUT2D eigenvalue weighted by molar-refractivity contribution is 7.91. The Labute approximate surface area is 182 Å². The lowest BCUT2D eigenvalue weighted by atomic mass is 9.75. The summed E-state index contributed by atoms with van der Waals surface area (Å²) >= 11 is -1.40. The average molecular weight is 436 g/mol. The number of hydrogen-bond donors (Lipinski definition) is 0. The van der Waals surface area contributed by atoms with Crippen LogP contribution < -0.4 is 4.74 Å². The first-order valence-corrected chi connectivity index (χ1v) is 11.5. The Morgan fingerprint density at radius 1 is 1.20 bits per heavy atom. The highest BCUT2D eigenvalue weighted by Gasteiger charge is 2.49. The van der Waals surface area contributed by atoms with Gasteiger partial charge in [-0.05, 0) is 66.4 Å². The fraction of sp³-hybridized carbons (Fsp3) is 0.682. The molecule has 2 aliphatic rings.